The van der Waals surface area contributed by atoms with Crippen molar-refractivity contribution in [3.05, 3.63) is 35.6 Å². The first-order chi connectivity index (χ1) is 10.5. The van der Waals surface area contributed by atoms with Crippen LogP contribution in [0.4, 0.5) is 9.18 Å². The normalized spacial score (nSPS) is 17.1. The summed E-state index contributed by atoms with van der Waals surface area (Å²) >= 11 is 0. The van der Waals surface area contributed by atoms with Crippen molar-refractivity contribution in [2.75, 3.05) is 20.2 Å². The number of carbonyl (C=O) groups is 2. The quantitative estimate of drug-likeness (QED) is 0.926. The van der Waals surface area contributed by atoms with Gasteiger partial charge in [0.25, 0.3) is 0 Å². The van der Waals surface area contributed by atoms with Crippen molar-refractivity contribution < 1.29 is 18.7 Å². The Morgan fingerprint density at radius 3 is 2.45 bits per heavy atom. The number of likely N-dealkylation sites (tertiary alicyclic amines) is 1. The van der Waals surface area contributed by atoms with E-state index >= 15 is 0 Å². The highest BCUT2D eigenvalue weighted by Gasteiger charge is 2.28. The van der Waals surface area contributed by atoms with Crippen LogP contribution in [0.1, 0.15) is 30.9 Å². The summed E-state index contributed by atoms with van der Waals surface area (Å²) in [6.45, 7) is 1.05. The molecule has 6 heteroatoms. The lowest BCUT2D eigenvalue weighted by Gasteiger charge is -2.30. The molecule has 1 atom stereocenters. The molecule has 1 amide bonds. The molecule has 0 bridgehead atoms. The molecule has 120 valence electrons. The van der Waals surface area contributed by atoms with Crippen LogP contribution in [0.25, 0.3) is 0 Å². The summed E-state index contributed by atoms with van der Waals surface area (Å²) in [6.07, 6.45) is 1.14. The van der Waals surface area contributed by atoms with Gasteiger partial charge in [-0.15, -0.1) is 0 Å². The molecule has 0 aromatic heterocycles. The van der Waals surface area contributed by atoms with Crippen molar-refractivity contribution in [2.24, 2.45) is 11.7 Å². The molecule has 1 aliphatic heterocycles. The van der Waals surface area contributed by atoms with Crippen LogP contribution in [0.5, 0.6) is 0 Å². The Kier molecular flexibility index (Phi) is 5.49. The van der Waals surface area contributed by atoms with Crippen LogP contribution >= 0.6 is 0 Å². The van der Waals surface area contributed by atoms with E-state index in [1.165, 1.54) is 19.2 Å². The van der Waals surface area contributed by atoms with E-state index in [-0.39, 0.29) is 30.0 Å². The lowest BCUT2D eigenvalue weighted by Crippen LogP contribution is -2.40. The third-order valence-electron chi connectivity index (χ3n) is 4.10. The number of Topliss-reactive ketones (excluding diaryl/α,β-unsaturated/α-hetero) is 1. The van der Waals surface area contributed by atoms with Gasteiger partial charge in [-0.05, 0) is 30.5 Å². The molecule has 0 radical (unpaired) electrons. The van der Waals surface area contributed by atoms with Gasteiger partial charge in [0.1, 0.15) is 11.6 Å². The van der Waals surface area contributed by atoms with Gasteiger partial charge in [0.05, 0.1) is 7.11 Å². The number of methoxy groups -OCH3 is 1. The Balaban J connectivity index is 1.85. The first-order valence-electron chi connectivity index (χ1n) is 7.38. The summed E-state index contributed by atoms with van der Waals surface area (Å²) in [6, 6.07) is 5.47. The predicted molar refractivity (Wildman–Crippen MR) is 79.7 cm³/mol. The number of amides is 1. The molecule has 1 aromatic rings. The number of ether oxygens (including phenoxy) is 1. The Bertz CT molecular complexity index is 525. The van der Waals surface area contributed by atoms with Crippen molar-refractivity contribution in [2.45, 2.75) is 25.3 Å². The molecule has 2 rings (SSSR count). The monoisotopic (exact) mass is 308 g/mol. The lowest BCUT2D eigenvalue weighted by atomic mass is 9.88. The van der Waals surface area contributed by atoms with Gasteiger partial charge in [-0.3, -0.25) is 4.79 Å². The molecular formula is C16H21FN2O3. The zero-order valence-electron chi connectivity index (χ0n) is 12.6. The summed E-state index contributed by atoms with van der Waals surface area (Å²) in [5.41, 5.74) is 6.77. The van der Waals surface area contributed by atoms with E-state index in [1.54, 1.807) is 17.0 Å². The number of hydrogen-bond donors (Lipinski definition) is 1. The summed E-state index contributed by atoms with van der Waals surface area (Å²) in [7, 11) is 1.35. The minimum atomic E-state index is -0.424. The van der Waals surface area contributed by atoms with E-state index in [0.717, 1.165) is 5.56 Å². The average molecular weight is 308 g/mol. The molecule has 0 spiro atoms. The van der Waals surface area contributed by atoms with E-state index < -0.39 is 6.04 Å². The van der Waals surface area contributed by atoms with Crippen LogP contribution in [-0.4, -0.2) is 37.0 Å². The maximum Gasteiger partial charge on any atom is 0.409 e. The summed E-state index contributed by atoms with van der Waals surface area (Å²) in [5.74, 6) is -0.300. The number of ketones is 1. The second-order valence-corrected chi connectivity index (χ2v) is 5.56. The number of hydrogen-bond acceptors (Lipinski definition) is 4. The van der Waals surface area contributed by atoms with Gasteiger partial charge in [0.2, 0.25) is 0 Å². The fourth-order valence-electron chi connectivity index (χ4n) is 2.72. The SMILES string of the molecule is COC(=O)N1CCC(C(=O)C[C@@H](N)c2ccc(F)cc2)CC1. The Hall–Kier alpha value is -1.95. The Morgan fingerprint density at radius 1 is 1.32 bits per heavy atom. The van der Waals surface area contributed by atoms with Crippen LogP contribution in [0.15, 0.2) is 24.3 Å². The smallest absolute Gasteiger partial charge is 0.409 e. The van der Waals surface area contributed by atoms with E-state index in [4.69, 9.17) is 5.73 Å². The van der Waals surface area contributed by atoms with Crippen molar-refractivity contribution in [1.29, 1.82) is 0 Å². The molecule has 1 heterocycles. The van der Waals surface area contributed by atoms with Crippen LogP contribution in [0.3, 0.4) is 0 Å². The van der Waals surface area contributed by atoms with Gasteiger partial charge in [-0.2, -0.15) is 0 Å². The molecule has 1 fully saturated rings. The van der Waals surface area contributed by atoms with Crippen molar-refractivity contribution in [3.8, 4) is 0 Å². The second-order valence-electron chi connectivity index (χ2n) is 5.56. The van der Waals surface area contributed by atoms with Crippen molar-refractivity contribution >= 4 is 11.9 Å². The number of nitrogens with zero attached hydrogens (tertiary/aromatic N) is 1. The van der Waals surface area contributed by atoms with Gasteiger partial charge in [0.15, 0.2) is 0 Å². The van der Waals surface area contributed by atoms with Gasteiger partial charge >= 0.3 is 6.09 Å². The van der Waals surface area contributed by atoms with Gasteiger partial charge in [-0.1, -0.05) is 12.1 Å². The average Bonchev–Trinajstić information content (AvgIpc) is 2.54. The van der Waals surface area contributed by atoms with Crippen LogP contribution in [0, 0.1) is 11.7 Å². The number of rotatable bonds is 4. The first kappa shape index (κ1) is 16.4. The molecule has 2 N–H and O–H groups in total. The third-order valence-corrected chi connectivity index (χ3v) is 4.10. The zero-order chi connectivity index (χ0) is 16.1. The molecule has 0 aliphatic carbocycles. The maximum atomic E-state index is 12.9. The fourth-order valence-corrected chi connectivity index (χ4v) is 2.72. The molecule has 22 heavy (non-hydrogen) atoms. The van der Waals surface area contributed by atoms with E-state index in [1.807, 2.05) is 0 Å². The number of piperidine rings is 1. The molecule has 1 aromatic carbocycles. The maximum absolute atomic E-state index is 12.9. The summed E-state index contributed by atoms with van der Waals surface area (Å²) in [4.78, 5) is 25.3. The third kappa shape index (κ3) is 4.04. The lowest BCUT2D eigenvalue weighted by molar-refractivity contribution is -0.124. The number of benzene rings is 1. The largest absolute Gasteiger partial charge is 0.453 e. The van der Waals surface area contributed by atoms with Crippen LogP contribution < -0.4 is 5.73 Å². The van der Waals surface area contributed by atoms with Gasteiger partial charge in [-0.25, -0.2) is 9.18 Å². The van der Waals surface area contributed by atoms with E-state index in [9.17, 15) is 14.0 Å². The highest BCUT2D eigenvalue weighted by atomic mass is 19.1. The number of carbonyl (C=O) groups excluding carboxylic acids is 2. The molecule has 1 aliphatic rings. The van der Waals surface area contributed by atoms with Crippen molar-refractivity contribution in [1.82, 2.24) is 4.90 Å². The zero-order valence-corrected chi connectivity index (χ0v) is 12.6. The molecular weight excluding hydrogens is 287 g/mol. The highest BCUT2D eigenvalue weighted by Crippen LogP contribution is 2.23. The molecule has 1 saturated heterocycles. The molecule has 5 nitrogen and oxygen atoms in total. The number of nitrogens with two attached hydrogens (primary N) is 1. The van der Waals surface area contributed by atoms with E-state index in [2.05, 4.69) is 4.74 Å². The topological polar surface area (TPSA) is 72.6 Å². The second kappa shape index (κ2) is 7.35. The Morgan fingerprint density at radius 2 is 1.91 bits per heavy atom. The van der Waals surface area contributed by atoms with Crippen LogP contribution in [0.2, 0.25) is 0 Å². The van der Waals surface area contributed by atoms with Crippen molar-refractivity contribution in [3.63, 3.8) is 0 Å². The molecule has 0 unspecified atom stereocenters. The molecule has 0 saturated carbocycles. The van der Waals surface area contributed by atoms with E-state index in [0.29, 0.717) is 25.9 Å². The first-order valence-corrected chi connectivity index (χ1v) is 7.38. The fraction of sp³-hybridized carbons (Fsp3) is 0.500. The minimum absolute atomic E-state index is 0.0765. The summed E-state index contributed by atoms with van der Waals surface area (Å²) < 4.78 is 17.6. The minimum Gasteiger partial charge on any atom is -0.453 e. The standard InChI is InChI=1S/C16H21FN2O3/c1-22-16(21)19-8-6-12(7-9-19)15(20)10-14(18)11-2-4-13(17)5-3-11/h2-5,12,14H,6-10,18H2,1H3/t14-/m1/s1. The van der Waals surface area contributed by atoms with Gasteiger partial charge in [0, 0.05) is 31.5 Å². The van der Waals surface area contributed by atoms with Gasteiger partial charge < -0.3 is 15.4 Å². The van der Waals surface area contributed by atoms with Crippen LogP contribution in [-0.2, 0) is 9.53 Å². The number of halogens is 1. The Labute approximate surface area is 129 Å². The summed E-state index contributed by atoms with van der Waals surface area (Å²) in [5, 5.41) is 0. The highest BCUT2D eigenvalue weighted by molar-refractivity contribution is 5.82. The predicted octanol–water partition coefficient (Wildman–Crippen LogP) is 2.26.